The van der Waals surface area contributed by atoms with Crippen LogP contribution < -0.4 is 4.74 Å². The minimum absolute atomic E-state index is 0.371. The molecule has 0 atom stereocenters. The van der Waals surface area contributed by atoms with Gasteiger partial charge in [0.2, 0.25) is 5.88 Å². The molecule has 1 N–H and O–H groups in total. The topological polar surface area (TPSA) is 95.7 Å². The van der Waals surface area contributed by atoms with Crippen LogP contribution in [0.4, 0.5) is 0 Å². The van der Waals surface area contributed by atoms with Gasteiger partial charge in [0, 0.05) is 12.7 Å². The van der Waals surface area contributed by atoms with E-state index in [9.17, 15) is 0 Å². The first-order valence-electron chi connectivity index (χ1n) is 9.37. The van der Waals surface area contributed by atoms with E-state index in [-0.39, 0.29) is 0 Å². The molecule has 4 aromatic rings. The number of ether oxygens (including phenoxy) is 2. The molecule has 0 aliphatic carbocycles. The lowest BCUT2D eigenvalue weighted by Crippen LogP contribution is -2.09. The van der Waals surface area contributed by atoms with Crippen LogP contribution in [0.5, 0.6) is 5.88 Å². The fourth-order valence-corrected chi connectivity index (χ4v) is 3.61. The van der Waals surface area contributed by atoms with Gasteiger partial charge in [0.05, 0.1) is 31.2 Å². The number of aromatic amines is 1. The summed E-state index contributed by atoms with van der Waals surface area (Å²) in [5, 5.41) is 15.5. The molecule has 0 saturated heterocycles. The van der Waals surface area contributed by atoms with Crippen molar-refractivity contribution >= 4 is 0 Å². The molecule has 0 unspecified atom stereocenters. The molecule has 1 aliphatic rings. The number of nitrogens with one attached hydrogen (secondary N) is 1. The average molecular weight is 401 g/mol. The van der Waals surface area contributed by atoms with Gasteiger partial charge in [-0.15, -0.1) is 10.2 Å². The average Bonchev–Trinajstić information content (AvgIpc) is 3.45. The van der Waals surface area contributed by atoms with Crippen LogP contribution in [-0.2, 0) is 17.9 Å². The number of methoxy groups -OCH3 is 2. The Labute approximate surface area is 172 Å². The first-order chi connectivity index (χ1) is 14.7. The van der Waals surface area contributed by atoms with E-state index in [1.54, 1.807) is 26.7 Å². The molecule has 30 heavy (non-hydrogen) atoms. The highest BCUT2D eigenvalue weighted by Gasteiger charge is 2.25. The Morgan fingerprint density at radius 3 is 2.93 bits per heavy atom. The second kappa shape index (κ2) is 7.17. The van der Waals surface area contributed by atoms with Gasteiger partial charge >= 0.3 is 0 Å². The molecule has 0 bridgehead atoms. The maximum atomic E-state index is 5.33. The number of nitrogens with zero attached hydrogens (tertiary/aromatic N) is 6. The number of H-pyrrole nitrogens is 1. The predicted octanol–water partition coefficient (Wildman–Crippen LogP) is 2.08. The molecule has 0 saturated carbocycles. The number of aromatic nitrogens is 7. The molecule has 3 aromatic heterocycles. The van der Waals surface area contributed by atoms with Gasteiger partial charge in [-0.3, -0.25) is 4.57 Å². The Kier molecular flexibility index (Phi) is 4.34. The predicted molar refractivity (Wildman–Crippen MR) is 108 cm³/mol. The van der Waals surface area contributed by atoms with Crippen LogP contribution in [0.3, 0.4) is 0 Å². The van der Waals surface area contributed by atoms with Crippen LogP contribution in [0.25, 0.3) is 17.1 Å². The minimum Gasteiger partial charge on any atom is -0.480 e. The highest BCUT2D eigenvalue weighted by Crippen LogP contribution is 2.33. The summed E-state index contributed by atoms with van der Waals surface area (Å²) in [5.41, 5.74) is 5.44. The van der Waals surface area contributed by atoms with E-state index < -0.39 is 0 Å². The second-order valence-electron chi connectivity index (χ2n) is 6.96. The van der Waals surface area contributed by atoms with Crippen molar-refractivity contribution in [2.45, 2.75) is 20.1 Å². The lowest BCUT2D eigenvalue weighted by molar-refractivity contribution is 0.174. The van der Waals surface area contributed by atoms with Gasteiger partial charge in [-0.05, 0) is 25.0 Å². The largest absolute Gasteiger partial charge is 0.480 e. The molecule has 0 amide bonds. The van der Waals surface area contributed by atoms with E-state index in [4.69, 9.17) is 9.47 Å². The van der Waals surface area contributed by atoms with E-state index in [0.29, 0.717) is 30.3 Å². The zero-order valence-electron chi connectivity index (χ0n) is 16.8. The first-order valence-corrected chi connectivity index (χ1v) is 9.37. The monoisotopic (exact) mass is 401 g/mol. The molecule has 9 heteroatoms. The van der Waals surface area contributed by atoms with Crippen LogP contribution >= 0.6 is 0 Å². The van der Waals surface area contributed by atoms with E-state index in [1.807, 2.05) is 0 Å². The van der Waals surface area contributed by atoms with Gasteiger partial charge in [-0.1, -0.05) is 17.6 Å². The lowest BCUT2D eigenvalue weighted by Gasteiger charge is -2.08. The SMILES string of the molecule is COCc1nnc2n1Cc1c(C#Cc3cn[nH]c3OC)ncn1-c1ccc(C)cc1-2. The number of imidazole rings is 1. The third-order valence-electron chi connectivity index (χ3n) is 5.05. The van der Waals surface area contributed by atoms with Gasteiger partial charge in [0.15, 0.2) is 11.6 Å². The molecule has 150 valence electrons. The third-order valence-corrected chi connectivity index (χ3v) is 5.05. The summed E-state index contributed by atoms with van der Waals surface area (Å²) >= 11 is 0. The van der Waals surface area contributed by atoms with Crippen molar-refractivity contribution in [2.75, 3.05) is 14.2 Å². The lowest BCUT2D eigenvalue weighted by atomic mass is 10.1. The highest BCUT2D eigenvalue weighted by atomic mass is 16.5. The molecule has 9 nitrogen and oxygen atoms in total. The van der Waals surface area contributed by atoms with E-state index in [2.05, 4.69) is 71.5 Å². The Hall–Kier alpha value is -3.90. The summed E-state index contributed by atoms with van der Waals surface area (Å²) in [6.07, 6.45) is 3.43. The van der Waals surface area contributed by atoms with Gasteiger partial charge in [-0.2, -0.15) is 5.10 Å². The van der Waals surface area contributed by atoms with E-state index >= 15 is 0 Å². The van der Waals surface area contributed by atoms with Crippen molar-refractivity contribution < 1.29 is 9.47 Å². The Morgan fingerprint density at radius 2 is 2.10 bits per heavy atom. The number of rotatable bonds is 3. The first kappa shape index (κ1) is 18.1. The molecule has 0 fully saturated rings. The Bertz CT molecular complexity index is 1300. The Morgan fingerprint density at radius 1 is 1.20 bits per heavy atom. The maximum Gasteiger partial charge on any atom is 0.225 e. The molecule has 1 aliphatic heterocycles. The number of benzene rings is 1. The van der Waals surface area contributed by atoms with Crippen molar-refractivity contribution in [2.24, 2.45) is 0 Å². The molecular weight excluding hydrogens is 382 g/mol. The van der Waals surface area contributed by atoms with E-state index in [1.165, 1.54) is 0 Å². The third kappa shape index (κ3) is 2.86. The maximum absolute atomic E-state index is 5.33. The zero-order chi connectivity index (χ0) is 20.7. The number of fused-ring (bicyclic) bond motifs is 5. The second-order valence-corrected chi connectivity index (χ2v) is 6.96. The minimum atomic E-state index is 0.371. The molecule has 0 radical (unpaired) electrons. The zero-order valence-corrected chi connectivity index (χ0v) is 16.8. The fourth-order valence-electron chi connectivity index (χ4n) is 3.61. The number of aryl methyl sites for hydroxylation is 1. The van der Waals surface area contributed by atoms with Crippen LogP contribution in [0.15, 0.2) is 30.7 Å². The van der Waals surface area contributed by atoms with Crippen molar-refractivity contribution in [1.82, 2.24) is 34.5 Å². The molecule has 1 aromatic carbocycles. The van der Waals surface area contributed by atoms with Crippen LogP contribution in [0.2, 0.25) is 0 Å². The standard InChI is InChI=1S/C21H19N7O2/c1-13-4-7-17-15(8-13)20-25-24-19(11-29-2)27(20)10-18-16(22-12-28(17)18)6-5-14-9-23-26-21(14)30-3/h4,7-9,12H,10-11H2,1-3H3,(H,23,26). The summed E-state index contributed by atoms with van der Waals surface area (Å²) in [6, 6.07) is 6.27. The summed E-state index contributed by atoms with van der Waals surface area (Å²) < 4.78 is 14.7. The number of hydrogen-bond donors (Lipinski definition) is 1. The molecule has 4 heterocycles. The van der Waals surface area contributed by atoms with Crippen LogP contribution in [-0.4, -0.2) is 48.7 Å². The van der Waals surface area contributed by atoms with Crippen LogP contribution in [0.1, 0.15) is 28.3 Å². The highest BCUT2D eigenvalue weighted by molar-refractivity contribution is 5.70. The van der Waals surface area contributed by atoms with Crippen molar-refractivity contribution in [3.63, 3.8) is 0 Å². The van der Waals surface area contributed by atoms with Crippen molar-refractivity contribution in [1.29, 1.82) is 0 Å². The number of hydrogen-bond acceptors (Lipinski definition) is 6. The smallest absolute Gasteiger partial charge is 0.225 e. The van der Waals surface area contributed by atoms with Gasteiger partial charge in [-0.25, -0.2) is 10.1 Å². The van der Waals surface area contributed by atoms with Gasteiger partial charge in [0.1, 0.15) is 24.2 Å². The summed E-state index contributed by atoms with van der Waals surface area (Å²) in [5.74, 6) is 8.35. The Balaban J connectivity index is 1.69. The van der Waals surface area contributed by atoms with Crippen molar-refractivity contribution in [3.05, 3.63) is 59.1 Å². The summed E-state index contributed by atoms with van der Waals surface area (Å²) in [4.78, 5) is 4.58. The van der Waals surface area contributed by atoms with Crippen molar-refractivity contribution in [3.8, 4) is 34.8 Å². The van der Waals surface area contributed by atoms with Crippen LogP contribution in [0, 0.1) is 18.8 Å². The fraction of sp³-hybridized carbons (Fsp3) is 0.238. The quantitative estimate of drug-likeness (QED) is 0.465. The van der Waals surface area contributed by atoms with Gasteiger partial charge < -0.3 is 14.0 Å². The van der Waals surface area contributed by atoms with Gasteiger partial charge in [0.25, 0.3) is 0 Å². The molecule has 5 rings (SSSR count). The molecular formula is C21H19N7O2. The van der Waals surface area contributed by atoms with E-state index in [0.717, 1.165) is 34.2 Å². The normalized spacial score (nSPS) is 11.7. The summed E-state index contributed by atoms with van der Waals surface area (Å²) in [6.45, 7) is 2.96. The summed E-state index contributed by atoms with van der Waals surface area (Å²) in [7, 11) is 3.22. The molecule has 0 spiro atoms.